The van der Waals surface area contributed by atoms with Gasteiger partial charge in [-0.15, -0.1) is 0 Å². The summed E-state index contributed by atoms with van der Waals surface area (Å²) in [5, 5.41) is 0. The van der Waals surface area contributed by atoms with Crippen molar-refractivity contribution in [3.8, 4) is 0 Å². The van der Waals surface area contributed by atoms with Crippen LogP contribution in [0.15, 0.2) is 22.6 Å². The summed E-state index contributed by atoms with van der Waals surface area (Å²) >= 11 is 0. The first kappa shape index (κ1) is 14.7. The Labute approximate surface area is 116 Å². The van der Waals surface area contributed by atoms with Gasteiger partial charge in [-0.2, -0.15) is 0 Å². The van der Waals surface area contributed by atoms with Crippen LogP contribution in [-0.2, 0) is 6.42 Å². The average Bonchev–Trinajstić information content (AvgIpc) is 2.66. The van der Waals surface area contributed by atoms with E-state index in [1.165, 1.54) is 6.07 Å². The molecule has 20 heavy (non-hydrogen) atoms. The van der Waals surface area contributed by atoms with Crippen molar-refractivity contribution >= 4 is 0 Å². The van der Waals surface area contributed by atoms with Gasteiger partial charge in [-0.05, 0) is 44.4 Å². The Balaban J connectivity index is 2.36. The molecule has 0 spiro atoms. The number of halogens is 2. The normalized spacial score (nSPS) is 12.7. The van der Waals surface area contributed by atoms with Crippen molar-refractivity contribution in [3.05, 3.63) is 58.0 Å². The van der Waals surface area contributed by atoms with Crippen LogP contribution < -0.4 is 11.3 Å². The lowest BCUT2D eigenvalue weighted by molar-refractivity contribution is 0.469. The standard InChI is InChI=1S/C15H18F2N2O/c1-8-9(2)20-10(3)14(8)13(19-18)7-11-5-4-6-12(16)15(11)17/h4-6,13,19H,7,18H2,1-3H3. The molecule has 0 aliphatic rings. The van der Waals surface area contributed by atoms with Gasteiger partial charge in [-0.25, -0.2) is 8.78 Å². The minimum Gasteiger partial charge on any atom is -0.466 e. The molecule has 5 heteroatoms. The zero-order valence-electron chi connectivity index (χ0n) is 11.8. The topological polar surface area (TPSA) is 51.2 Å². The van der Waals surface area contributed by atoms with Crippen molar-refractivity contribution in [2.24, 2.45) is 5.84 Å². The highest BCUT2D eigenvalue weighted by Gasteiger charge is 2.22. The fraction of sp³-hybridized carbons (Fsp3) is 0.333. The fourth-order valence-corrected chi connectivity index (χ4v) is 2.49. The number of rotatable bonds is 4. The molecule has 1 heterocycles. The van der Waals surface area contributed by atoms with Crippen LogP contribution in [0.25, 0.3) is 0 Å². The molecule has 2 aromatic rings. The Morgan fingerprint density at radius 3 is 2.45 bits per heavy atom. The van der Waals surface area contributed by atoms with E-state index < -0.39 is 11.6 Å². The quantitative estimate of drug-likeness (QED) is 0.668. The maximum Gasteiger partial charge on any atom is 0.162 e. The molecule has 2 rings (SSSR count). The van der Waals surface area contributed by atoms with Gasteiger partial charge in [-0.1, -0.05) is 12.1 Å². The second kappa shape index (κ2) is 5.73. The predicted octanol–water partition coefficient (Wildman–Crippen LogP) is 3.23. The molecule has 0 amide bonds. The highest BCUT2D eigenvalue weighted by molar-refractivity contribution is 5.35. The van der Waals surface area contributed by atoms with Gasteiger partial charge in [-0.3, -0.25) is 11.3 Å². The lowest BCUT2D eigenvalue weighted by atomic mass is 9.96. The molecule has 1 unspecified atom stereocenters. The van der Waals surface area contributed by atoms with Gasteiger partial charge in [0.25, 0.3) is 0 Å². The van der Waals surface area contributed by atoms with E-state index in [1.807, 2.05) is 20.8 Å². The molecule has 0 radical (unpaired) electrons. The van der Waals surface area contributed by atoms with E-state index in [0.29, 0.717) is 0 Å². The van der Waals surface area contributed by atoms with E-state index in [4.69, 9.17) is 10.3 Å². The highest BCUT2D eigenvalue weighted by Crippen LogP contribution is 2.29. The van der Waals surface area contributed by atoms with Crippen molar-refractivity contribution in [1.29, 1.82) is 0 Å². The van der Waals surface area contributed by atoms with Gasteiger partial charge >= 0.3 is 0 Å². The Morgan fingerprint density at radius 1 is 1.20 bits per heavy atom. The summed E-state index contributed by atoms with van der Waals surface area (Å²) in [6.45, 7) is 5.62. The number of nitrogens with two attached hydrogens (primary N) is 1. The number of benzene rings is 1. The molecule has 0 saturated carbocycles. The minimum absolute atomic E-state index is 0.251. The molecule has 1 atom stereocenters. The van der Waals surface area contributed by atoms with Crippen LogP contribution in [0.3, 0.4) is 0 Å². The van der Waals surface area contributed by atoms with Gasteiger partial charge in [0.1, 0.15) is 11.5 Å². The Morgan fingerprint density at radius 2 is 1.90 bits per heavy atom. The third-order valence-electron chi connectivity index (χ3n) is 3.62. The number of aryl methyl sites for hydroxylation is 2. The Kier molecular flexibility index (Phi) is 4.20. The van der Waals surface area contributed by atoms with Gasteiger partial charge in [0.05, 0.1) is 6.04 Å². The number of furan rings is 1. The second-order valence-electron chi connectivity index (χ2n) is 4.89. The van der Waals surface area contributed by atoms with Crippen molar-refractivity contribution in [2.75, 3.05) is 0 Å². The highest BCUT2D eigenvalue weighted by atomic mass is 19.2. The van der Waals surface area contributed by atoms with E-state index in [1.54, 1.807) is 6.07 Å². The zero-order chi connectivity index (χ0) is 14.9. The van der Waals surface area contributed by atoms with Gasteiger partial charge < -0.3 is 4.42 Å². The third kappa shape index (κ3) is 2.59. The number of hydrogen-bond donors (Lipinski definition) is 2. The summed E-state index contributed by atoms with van der Waals surface area (Å²) in [4.78, 5) is 0. The maximum atomic E-state index is 13.8. The maximum absolute atomic E-state index is 13.8. The predicted molar refractivity (Wildman–Crippen MR) is 73.0 cm³/mol. The van der Waals surface area contributed by atoms with Crippen LogP contribution in [-0.4, -0.2) is 0 Å². The Hall–Kier alpha value is -1.72. The summed E-state index contributed by atoms with van der Waals surface area (Å²) in [6.07, 6.45) is 0.251. The third-order valence-corrected chi connectivity index (χ3v) is 3.62. The Bertz CT molecular complexity index is 623. The van der Waals surface area contributed by atoms with Gasteiger partial charge in [0.15, 0.2) is 11.6 Å². The number of hydrazine groups is 1. The molecule has 0 fully saturated rings. The molecule has 1 aromatic carbocycles. The van der Waals surface area contributed by atoms with Crippen molar-refractivity contribution in [3.63, 3.8) is 0 Å². The molecular weight excluding hydrogens is 262 g/mol. The molecule has 3 nitrogen and oxygen atoms in total. The van der Waals surface area contributed by atoms with Crippen LogP contribution in [0.1, 0.15) is 34.3 Å². The molecular formula is C15H18F2N2O. The van der Waals surface area contributed by atoms with Crippen LogP contribution >= 0.6 is 0 Å². The summed E-state index contributed by atoms with van der Waals surface area (Å²) in [7, 11) is 0. The van der Waals surface area contributed by atoms with Crippen molar-refractivity contribution in [2.45, 2.75) is 33.2 Å². The van der Waals surface area contributed by atoms with E-state index in [2.05, 4.69) is 5.43 Å². The zero-order valence-corrected chi connectivity index (χ0v) is 11.8. The smallest absolute Gasteiger partial charge is 0.162 e. The monoisotopic (exact) mass is 280 g/mol. The number of hydrogen-bond acceptors (Lipinski definition) is 3. The molecule has 0 aliphatic heterocycles. The lowest BCUT2D eigenvalue weighted by Crippen LogP contribution is -2.30. The van der Waals surface area contributed by atoms with Gasteiger partial charge in [0, 0.05) is 5.56 Å². The van der Waals surface area contributed by atoms with Crippen LogP contribution in [0.2, 0.25) is 0 Å². The van der Waals surface area contributed by atoms with E-state index in [9.17, 15) is 8.78 Å². The van der Waals surface area contributed by atoms with E-state index in [-0.39, 0.29) is 18.0 Å². The SMILES string of the molecule is Cc1oc(C)c(C(Cc2cccc(F)c2F)NN)c1C. The van der Waals surface area contributed by atoms with Gasteiger partial charge in [0.2, 0.25) is 0 Å². The summed E-state index contributed by atoms with van der Waals surface area (Å²) in [5.74, 6) is 5.44. The summed E-state index contributed by atoms with van der Waals surface area (Å²) in [6, 6.07) is 3.81. The van der Waals surface area contributed by atoms with Crippen molar-refractivity contribution in [1.82, 2.24) is 5.43 Å². The molecule has 0 bridgehead atoms. The van der Waals surface area contributed by atoms with E-state index in [0.717, 1.165) is 28.7 Å². The fourth-order valence-electron chi connectivity index (χ4n) is 2.49. The van der Waals surface area contributed by atoms with Crippen LogP contribution in [0.4, 0.5) is 8.78 Å². The second-order valence-corrected chi connectivity index (χ2v) is 4.89. The molecule has 1 aromatic heterocycles. The lowest BCUT2D eigenvalue weighted by Gasteiger charge is -2.17. The first-order valence-corrected chi connectivity index (χ1v) is 6.41. The molecule has 0 aliphatic carbocycles. The number of nitrogens with one attached hydrogen (secondary N) is 1. The largest absolute Gasteiger partial charge is 0.466 e. The minimum atomic E-state index is -0.852. The first-order valence-electron chi connectivity index (χ1n) is 6.41. The van der Waals surface area contributed by atoms with E-state index >= 15 is 0 Å². The first-order chi connectivity index (χ1) is 9.45. The van der Waals surface area contributed by atoms with Crippen molar-refractivity contribution < 1.29 is 13.2 Å². The summed E-state index contributed by atoms with van der Waals surface area (Å²) in [5.41, 5.74) is 4.81. The average molecular weight is 280 g/mol. The molecule has 3 N–H and O–H groups in total. The molecule has 108 valence electrons. The molecule has 0 saturated heterocycles. The summed E-state index contributed by atoms with van der Waals surface area (Å²) < 4.78 is 32.6. The van der Waals surface area contributed by atoms with Crippen LogP contribution in [0, 0.1) is 32.4 Å². The van der Waals surface area contributed by atoms with Crippen LogP contribution in [0.5, 0.6) is 0 Å².